The molecule has 0 bridgehead atoms. The lowest BCUT2D eigenvalue weighted by molar-refractivity contribution is 0.0884. The topological polar surface area (TPSA) is 64.1 Å². The first-order valence-electron chi connectivity index (χ1n) is 7.91. The summed E-state index contributed by atoms with van der Waals surface area (Å²) < 4.78 is 31.8. The van der Waals surface area contributed by atoms with Gasteiger partial charge in [0.25, 0.3) is 5.91 Å². The number of hydrogen-bond donors (Lipinski definition) is 1. The van der Waals surface area contributed by atoms with E-state index in [1.165, 1.54) is 18.5 Å². The molecule has 0 aliphatic heterocycles. The Morgan fingerprint density at radius 3 is 2.44 bits per heavy atom. The largest absolute Gasteiger partial charge is 0.460 e. The van der Waals surface area contributed by atoms with Crippen LogP contribution in [0.2, 0.25) is 5.02 Å². The minimum atomic E-state index is -1.03. The van der Waals surface area contributed by atoms with E-state index in [0.29, 0.717) is 17.9 Å². The van der Waals surface area contributed by atoms with E-state index in [2.05, 4.69) is 15.3 Å². The van der Waals surface area contributed by atoms with Crippen molar-refractivity contribution in [1.29, 1.82) is 0 Å². The number of benzene rings is 1. The second-order valence-electron chi connectivity index (χ2n) is 5.88. The van der Waals surface area contributed by atoms with Crippen LogP contribution in [0.1, 0.15) is 36.0 Å². The highest BCUT2D eigenvalue weighted by Gasteiger charge is 2.24. The number of halogens is 3. The fourth-order valence-corrected chi connectivity index (χ4v) is 2.84. The van der Waals surface area contributed by atoms with Crippen molar-refractivity contribution < 1.29 is 18.3 Å². The standard InChI is InChI=1S/C17H16ClF2N3O2/c18-11-8-21-17(22-9-11)25-13-4-2-12(3-5-13)23-16(24)10-1-6-14(19)15(20)7-10/h1,6-9,12-13H,2-5H2,(H,23,24). The van der Waals surface area contributed by atoms with Gasteiger partial charge in [-0.25, -0.2) is 18.7 Å². The molecule has 2 aromatic rings. The van der Waals surface area contributed by atoms with Crippen molar-refractivity contribution in [2.45, 2.75) is 37.8 Å². The Hall–Kier alpha value is -2.28. The molecule has 1 saturated carbocycles. The van der Waals surface area contributed by atoms with Gasteiger partial charge in [-0.2, -0.15) is 0 Å². The van der Waals surface area contributed by atoms with Crippen molar-refractivity contribution in [3.63, 3.8) is 0 Å². The number of aromatic nitrogens is 2. The van der Waals surface area contributed by atoms with E-state index in [1.54, 1.807) is 0 Å². The van der Waals surface area contributed by atoms with E-state index in [9.17, 15) is 13.6 Å². The molecule has 1 aromatic heterocycles. The molecule has 8 heteroatoms. The lowest BCUT2D eigenvalue weighted by Gasteiger charge is -2.28. The number of amides is 1. The molecule has 1 fully saturated rings. The van der Waals surface area contributed by atoms with Crippen LogP contribution in [-0.2, 0) is 0 Å². The van der Waals surface area contributed by atoms with E-state index in [1.807, 2.05) is 0 Å². The Morgan fingerprint density at radius 1 is 1.12 bits per heavy atom. The van der Waals surface area contributed by atoms with Gasteiger partial charge in [0.2, 0.25) is 0 Å². The number of carbonyl (C=O) groups is 1. The second kappa shape index (κ2) is 7.74. The van der Waals surface area contributed by atoms with Crippen LogP contribution in [-0.4, -0.2) is 28.0 Å². The van der Waals surface area contributed by atoms with E-state index in [0.717, 1.165) is 25.0 Å². The molecule has 1 aliphatic rings. The van der Waals surface area contributed by atoms with Crippen LogP contribution in [0.15, 0.2) is 30.6 Å². The highest BCUT2D eigenvalue weighted by Crippen LogP contribution is 2.23. The van der Waals surface area contributed by atoms with E-state index >= 15 is 0 Å². The van der Waals surface area contributed by atoms with Crippen molar-refractivity contribution in [1.82, 2.24) is 15.3 Å². The van der Waals surface area contributed by atoms with Crippen LogP contribution in [0.5, 0.6) is 6.01 Å². The summed E-state index contributed by atoms with van der Waals surface area (Å²) in [4.78, 5) is 20.1. The molecule has 5 nitrogen and oxygen atoms in total. The van der Waals surface area contributed by atoms with Gasteiger partial charge in [-0.05, 0) is 43.9 Å². The molecular formula is C17H16ClF2N3O2. The number of hydrogen-bond acceptors (Lipinski definition) is 4. The number of carbonyl (C=O) groups excluding carboxylic acids is 1. The van der Waals surface area contributed by atoms with Crippen molar-refractivity contribution in [3.05, 3.63) is 52.8 Å². The second-order valence-corrected chi connectivity index (χ2v) is 6.31. The average molecular weight is 368 g/mol. The Kier molecular flexibility index (Phi) is 5.43. The first kappa shape index (κ1) is 17.5. The molecule has 25 heavy (non-hydrogen) atoms. The molecule has 1 N–H and O–H groups in total. The Bertz CT molecular complexity index is 750. The molecule has 0 saturated heterocycles. The molecule has 0 unspecified atom stereocenters. The number of nitrogens with one attached hydrogen (secondary N) is 1. The summed E-state index contributed by atoms with van der Waals surface area (Å²) in [5.41, 5.74) is 0.104. The number of nitrogens with zero attached hydrogens (tertiary/aromatic N) is 2. The van der Waals surface area contributed by atoms with Gasteiger partial charge in [0.05, 0.1) is 17.4 Å². The quantitative estimate of drug-likeness (QED) is 0.897. The third kappa shape index (κ3) is 4.63. The van der Waals surface area contributed by atoms with E-state index in [4.69, 9.17) is 16.3 Å². The molecule has 0 atom stereocenters. The zero-order valence-corrected chi connectivity index (χ0v) is 14.0. The van der Waals surface area contributed by atoms with Gasteiger partial charge in [-0.1, -0.05) is 11.6 Å². The number of ether oxygens (including phenoxy) is 1. The first-order chi connectivity index (χ1) is 12.0. The minimum Gasteiger partial charge on any atom is -0.460 e. The maximum atomic E-state index is 13.2. The van der Waals surface area contributed by atoms with E-state index < -0.39 is 17.5 Å². The van der Waals surface area contributed by atoms with Crippen LogP contribution >= 0.6 is 11.6 Å². The lowest BCUT2D eigenvalue weighted by atomic mass is 9.92. The van der Waals surface area contributed by atoms with Gasteiger partial charge in [-0.15, -0.1) is 0 Å². The highest BCUT2D eigenvalue weighted by atomic mass is 35.5. The molecule has 1 aliphatic carbocycles. The molecular weight excluding hydrogens is 352 g/mol. The highest BCUT2D eigenvalue weighted by molar-refractivity contribution is 6.30. The molecule has 1 amide bonds. The van der Waals surface area contributed by atoms with Gasteiger partial charge in [-0.3, -0.25) is 4.79 Å². The molecule has 1 aromatic carbocycles. The smallest absolute Gasteiger partial charge is 0.316 e. The maximum Gasteiger partial charge on any atom is 0.316 e. The maximum absolute atomic E-state index is 13.2. The predicted octanol–water partition coefficient (Wildman–Crippen LogP) is 3.53. The Labute approximate surface area is 148 Å². The van der Waals surface area contributed by atoms with Gasteiger partial charge in [0, 0.05) is 11.6 Å². The monoisotopic (exact) mass is 367 g/mol. The normalized spacial score (nSPS) is 20.1. The van der Waals surface area contributed by atoms with Gasteiger partial charge < -0.3 is 10.1 Å². The number of rotatable bonds is 4. The average Bonchev–Trinajstić information content (AvgIpc) is 2.61. The third-order valence-electron chi connectivity index (χ3n) is 4.06. The molecule has 0 radical (unpaired) electrons. The summed E-state index contributed by atoms with van der Waals surface area (Å²) in [5.74, 6) is -2.42. The summed E-state index contributed by atoms with van der Waals surface area (Å²) >= 11 is 5.73. The summed E-state index contributed by atoms with van der Waals surface area (Å²) in [5, 5.41) is 3.28. The summed E-state index contributed by atoms with van der Waals surface area (Å²) in [6.07, 6.45) is 5.80. The summed E-state index contributed by atoms with van der Waals surface area (Å²) in [6.45, 7) is 0. The SMILES string of the molecule is O=C(NC1CCC(Oc2ncc(Cl)cn2)CC1)c1ccc(F)c(F)c1. The van der Waals surface area contributed by atoms with Crippen molar-refractivity contribution in [2.75, 3.05) is 0 Å². The van der Waals surface area contributed by atoms with Crippen LogP contribution in [0.25, 0.3) is 0 Å². The fraction of sp³-hybridized carbons (Fsp3) is 0.353. The fourth-order valence-electron chi connectivity index (χ4n) is 2.74. The molecule has 0 spiro atoms. The van der Waals surface area contributed by atoms with Crippen molar-refractivity contribution in [3.8, 4) is 6.01 Å². The van der Waals surface area contributed by atoms with Crippen LogP contribution in [0, 0.1) is 11.6 Å². The lowest BCUT2D eigenvalue weighted by Crippen LogP contribution is -2.39. The Morgan fingerprint density at radius 2 is 1.80 bits per heavy atom. The summed E-state index contributed by atoms with van der Waals surface area (Å²) in [7, 11) is 0. The van der Waals surface area contributed by atoms with Crippen LogP contribution < -0.4 is 10.1 Å². The Balaban J connectivity index is 1.49. The van der Waals surface area contributed by atoms with Crippen LogP contribution in [0.4, 0.5) is 8.78 Å². The van der Waals surface area contributed by atoms with E-state index in [-0.39, 0.29) is 23.7 Å². The zero-order valence-electron chi connectivity index (χ0n) is 13.2. The molecule has 132 valence electrons. The molecule has 1 heterocycles. The van der Waals surface area contributed by atoms with Gasteiger partial charge in [0.1, 0.15) is 6.10 Å². The molecule has 3 rings (SSSR count). The zero-order chi connectivity index (χ0) is 17.8. The van der Waals surface area contributed by atoms with Crippen LogP contribution in [0.3, 0.4) is 0 Å². The minimum absolute atomic E-state index is 0.0300. The third-order valence-corrected chi connectivity index (χ3v) is 4.26. The van der Waals surface area contributed by atoms with Gasteiger partial charge in [0.15, 0.2) is 11.6 Å². The van der Waals surface area contributed by atoms with Crippen molar-refractivity contribution in [2.24, 2.45) is 0 Å². The summed E-state index contributed by atoms with van der Waals surface area (Å²) in [6, 6.07) is 3.35. The first-order valence-corrected chi connectivity index (χ1v) is 8.29. The predicted molar refractivity (Wildman–Crippen MR) is 87.5 cm³/mol. The van der Waals surface area contributed by atoms with Crippen molar-refractivity contribution >= 4 is 17.5 Å². The van der Waals surface area contributed by atoms with Gasteiger partial charge >= 0.3 is 6.01 Å².